The second kappa shape index (κ2) is 5.58. The second-order valence-corrected chi connectivity index (χ2v) is 4.85. The Morgan fingerprint density at radius 3 is 3.12 bits per heavy atom. The topological polar surface area (TPSA) is 57.2 Å². The van der Waals surface area contributed by atoms with Crippen molar-refractivity contribution in [2.45, 2.75) is 25.4 Å². The number of aliphatic hydroxyl groups is 1. The molecule has 1 aromatic heterocycles. The van der Waals surface area contributed by atoms with Gasteiger partial charge in [-0.3, -0.25) is 4.98 Å². The summed E-state index contributed by atoms with van der Waals surface area (Å²) in [6.45, 7) is 5.13. The highest BCUT2D eigenvalue weighted by Crippen LogP contribution is 2.12. The minimum Gasteiger partial charge on any atom is -0.387 e. The van der Waals surface area contributed by atoms with Gasteiger partial charge in [0.15, 0.2) is 0 Å². The molecule has 3 N–H and O–H groups in total. The highest BCUT2D eigenvalue weighted by atomic mass is 16.3. The Labute approximate surface area is 102 Å². The number of hydrogen-bond donors (Lipinski definition) is 3. The predicted molar refractivity (Wildman–Crippen MR) is 68.0 cm³/mol. The van der Waals surface area contributed by atoms with Crippen LogP contribution in [-0.2, 0) is 6.42 Å². The second-order valence-electron chi connectivity index (χ2n) is 4.85. The fourth-order valence-electron chi connectivity index (χ4n) is 2.16. The van der Waals surface area contributed by atoms with Crippen molar-refractivity contribution in [2.75, 3.05) is 26.2 Å². The number of aryl methyl sites for hydroxylation is 1. The third-order valence-electron chi connectivity index (χ3n) is 3.18. The largest absolute Gasteiger partial charge is 0.387 e. The molecule has 4 nitrogen and oxygen atoms in total. The number of nitrogens with one attached hydrogen (secondary N) is 2. The van der Waals surface area contributed by atoms with E-state index in [9.17, 15) is 5.11 Å². The Balaban J connectivity index is 1.69. The molecular formula is C13H21N3O. The molecule has 1 fully saturated rings. The van der Waals surface area contributed by atoms with Crippen LogP contribution in [0.2, 0.25) is 0 Å². The standard InChI is InChI=1S/C13H21N3O/c1-11-3-2-4-12(16-11)5-7-14-9-13(17)6-8-15-10-13/h2-4,14-15,17H,5-10H2,1H3/t13-/m0/s1. The van der Waals surface area contributed by atoms with Crippen LogP contribution in [0.25, 0.3) is 0 Å². The lowest BCUT2D eigenvalue weighted by atomic mass is 10.0. The van der Waals surface area contributed by atoms with Gasteiger partial charge < -0.3 is 15.7 Å². The molecule has 0 aromatic carbocycles. The summed E-state index contributed by atoms with van der Waals surface area (Å²) in [6, 6.07) is 6.08. The van der Waals surface area contributed by atoms with E-state index in [1.807, 2.05) is 25.1 Å². The molecule has 0 radical (unpaired) electrons. The molecule has 4 heteroatoms. The van der Waals surface area contributed by atoms with Gasteiger partial charge in [0.05, 0.1) is 5.60 Å². The van der Waals surface area contributed by atoms with E-state index in [-0.39, 0.29) is 0 Å². The van der Waals surface area contributed by atoms with Gasteiger partial charge in [-0.15, -0.1) is 0 Å². The molecule has 94 valence electrons. The molecular weight excluding hydrogens is 214 g/mol. The quantitative estimate of drug-likeness (QED) is 0.640. The first-order chi connectivity index (χ1) is 8.18. The monoisotopic (exact) mass is 235 g/mol. The zero-order valence-corrected chi connectivity index (χ0v) is 10.4. The SMILES string of the molecule is Cc1cccc(CCNC[C@@]2(O)CCNC2)n1. The third-order valence-corrected chi connectivity index (χ3v) is 3.18. The summed E-state index contributed by atoms with van der Waals surface area (Å²) in [5.41, 5.74) is 1.61. The summed E-state index contributed by atoms with van der Waals surface area (Å²) in [6.07, 6.45) is 1.74. The molecule has 1 aliphatic heterocycles. The van der Waals surface area contributed by atoms with Crippen LogP contribution in [0.1, 0.15) is 17.8 Å². The number of rotatable bonds is 5. The first-order valence-corrected chi connectivity index (χ1v) is 6.24. The van der Waals surface area contributed by atoms with E-state index >= 15 is 0 Å². The van der Waals surface area contributed by atoms with Crippen LogP contribution in [0.5, 0.6) is 0 Å². The maximum atomic E-state index is 10.1. The minimum absolute atomic E-state index is 0.556. The fourth-order valence-corrected chi connectivity index (χ4v) is 2.16. The van der Waals surface area contributed by atoms with Crippen molar-refractivity contribution in [3.63, 3.8) is 0 Å². The van der Waals surface area contributed by atoms with E-state index < -0.39 is 5.60 Å². The van der Waals surface area contributed by atoms with Crippen LogP contribution < -0.4 is 10.6 Å². The number of aromatic nitrogens is 1. The highest BCUT2D eigenvalue weighted by Gasteiger charge is 2.30. The van der Waals surface area contributed by atoms with Crippen LogP contribution in [-0.4, -0.2) is 41.9 Å². The Hall–Kier alpha value is -0.970. The molecule has 1 aliphatic rings. The van der Waals surface area contributed by atoms with E-state index in [2.05, 4.69) is 15.6 Å². The smallest absolute Gasteiger partial charge is 0.0907 e. The lowest BCUT2D eigenvalue weighted by molar-refractivity contribution is 0.0614. The molecule has 2 heterocycles. The molecule has 1 saturated heterocycles. The average molecular weight is 235 g/mol. The van der Waals surface area contributed by atoms with Crippen molar-refractivity contribution in [3.8, 4) is 0 Å². The molecule has 0 aliphatic carbocycles. The van der Waals surface area contributed by atoms with Crippen molar-refractivity contribution >= 4 is 0 Å². The van der Waals surface area contributed by atoms with Crippen molar-refractivity contribution in [2.24, 2.45) is 0 Å². The number of nitrogens with zero attached hydrogens (tertiary/aromatic N) is 1. The Morgan fingerprint density at radius 1 is 1.53 bits per heavy atom. The summed E-state index contributed by atoms with van der Waals surface area (Å²) in [5.74, 6) is 0. The average Bonchev–Trinajstić information content (AvgIpc) is 2.72. The van der Waals surface area contributed by atoms with Crippen molar-refractivity contribution in [1.29, 1.82) is 0 Å². The lowest BCUT2D eigenvalue weighted by Crippen LogP contribution is -2.42. The van der Waals surface area contributed by atoms with Gasteiger partial charge in [-0.05, 0) is 32.0 Å². The molecule has 1 aromatic rings. The number of hydrogen-bond acceptors (Lipinski definition) is 4. The minimum atomic E-state index is -0.556. The lowest BCUT2D eigenvalue weighted by Gasteiger charge is -2.21. The highest BCUT2D eigenvalue weighted by molar-refractivity contribution is 5.10. The molecule has 0 amide bonds. The number of pyridine rings is 1. The van der Waals surface area contributed by atoms with Gasteiger partial charge in [-0.1, -0.05) is 6.07 Å². The fraction of sp³-hybridized carbons (Fsp3) is 0.615. The first-order valence-electron chi connectivity index (χ1n) is 6.24. The summed E-state index contributed by atoms with van der Waals surface area (Å²) >= 11 is 0. The summed E-state index contributed by atoms with van der Waals surface area (Å²) in [4.78, 5) is 4.44. The van der Waals surface area contributed by atoms with Crippen molar-refractivity contribution < 1.29 is 5.11 Å². The zero-order chi connectivity index (χ0) is 12.1. The first kappa shape index (κ1) is 12.5. The maximum absolute atomic E-state index is 10.1. The normalized spacial score (nSPS) is 24.1. The Kier molecular flexibility index (Phi) is 4.10. The molecule has 1 atom stereocenters. The van der Waals surface area contributed by atoms with Gasteiger partial charge in [-0.25, -0.2) is 0 Å². The summed E-state index contributed by atoms with van der Waals surface area (Å²) in [7, 11) is 0. The number of β-amino-alcohol motifs (C(OH)–C–C–N with tert-alkyl or cyclic N) is 1. The van der Waals surface area contributed by atoms with E-state index in [0.717, 1.165) is 37.3 Å². The van der Waals surface area contributed by atoms with Crippen molar-refractivity contribution in [1.82, 2.24) is 15.6 Å². The van der Waals surface area contributed by atoms with E-state index in [1.165, 1.54) is 0 Å². The molecule has 0 spiro atoms. The van der Waals surface area contributed by atoms with Crippen LogP contribution in [0.15, 0.2) is 18.2 Å². The molecule has 0 unspecified atom stereocenters. The maximum Gasteiger partial charge on any atom is 0.0907 e. The van der Waals surface area contributed by atoms with Gasteiger partial charge in [0.2, 0.25) is 0 Å². The van der Waals surface area contributed by atoms with Gasteiger partial charge in [0.1, 0.15) is 0 Å². The molecule has 17 heavy (non-hydrogen) atoms. The van der Waals surface area contributed by atoms with Crippen LogP contribution in [0.3, 0.4) is 0 Å². The zero-order valence-electron chi connectivity index (χ0n) is 10.4. The van der Waals surface area contributed by atoms with E-state index in [0.29, 0.717) is 13.1 Å². The predicted octanol–water partition coefficient (Wildman–Crippen LogP) is 0.247. The van der Waals surface area contributed by atoms with Gasteiger partial charge in [0, 0.05) is 37.4 Å². The van der Waals surface area contributed by atoms with Gasteiger partial charge in [0.25, 0.3) is 0 Å². The van der Waals surface area contributed by atoms with Crippen molar-refractivity contribution in [3.05, 3.63) is 29.6 Å². The molecule has 0 bridgehead atoms. The molecule has 2 rings (SSSR count). The molecule has 0 saturated carbocycles. The van der Waals surface area contributed by atoms with Crippen LogP contribution >= 0.6 is 0 Å². The Bertz CT molecular complexity index is 361. The van der Waals surface area contributed by atoms with E-state index in [1.54, 1.807) is 0 Å². The summed E-state index contributed by atoms with van der Waals surface area (Å²) < 4.78 is 0. The van der Waals surface area contributed by atoms with Crippen LogP contribution in [0.4, 0.5) is 0 Å². The van der Waals surface area contributed by atoms with Gasteiger partial charge in [-0.2, -0.15) is 0 Å². The van der Waals surface area contributed by atoms with E-state index in [4.69, 9.17) is 0 Å². The van der Waals surface area contributed by atoms with Gasteiger partial charge >= 0.3 is 0 Å². The Morgan fingerprint density at radius 2 is 2.41 bits per heavy atom. The third kappa shape index (κ3) is 3.77. The summed E-state index contributed by atoms with van der Waals surface area (Å²) in [5, 5.41) is 16.6. The van der Waals surface area contributed by atoms with Crippen LogP contribution in [0, 0.1) is 6.92 Å².